The van der Waals surface area contributed by atoms with Crippen LogP contribution in [0.2, 0.25) is 0 Å². The third-order valence-corrected chi connectivity index (χ3v) is 4.67. The van der Waals surface area contributed by atoms with E-state index in [1.165, 1.54) is 18.6 Å². The Kier molecular flexibility index (Phi) is 11.1. The number of aliphatic imine (C=N–C) groups is 1. The summed E-state index contributed by atoms with van der Waals surface area (Å²) in [6.07, 6.45) is 2.70. The minimum atomic E-state index is 0. The van der Waals surface area contributed by atoms with E-state index in [2.05, 4.69) is 62.2 Å². The van der Waals surface area contributed by atoms with E-state index >= 15 is 0 Å². The lowest BCUT2D eigenvalue weighted by molar-refractivity contribution is 0.248. The van der Waals surface area contributed by atoms with Crippen LogP contribution in [0.25, 0.3) is 0 Å². The number of nitrogens with zero attached hydrogens (tertiary/aromatic N) is 2. The fourth-order valence-corrected chi connectivity index (χ4v) is 3.76. The van der Waals surface area contributed by atoms with E-state index in [0.29, 0.717) is 0 Å². The Morgan fingerprint density at radius 1 is 1.33 bits per heavy atom. The third kappa shape index (κ3) is 9.84. The second-order valence-electron chi connectivity index (χ2n) is 6.61. The molecule has 6 heteroatoms. The van der Waals surface area contributed by atoms with Gasteiger partial charge in [-0.25, -0.2) is 0 Å². The van der Waals surface area contributed by atoms with Crippen molar-refractivity contribution in [2.45, 2.75) is 38.9 Å². The van der Waals surface area contributed by atoms with Crippen LogP contribution < -0.4 is 10.6 Å². The molecule has 0 spiro atoms. The fraction of sp³-hybridized carbons (Fsp3) is 0.933. The van der Waals surface area contributed by atoms with Crippen molar-refractivity contribution in [1.29, 1.82) is 0 Å². The van der Waals surface area contributed by atoms with Crippen LogP contribution in [0.3, 0.4) is 0 Å². The van der Waals surface area contributed by atoms with Gasteiger partial charge in [-0.05, 0) is 45.0 Å². The van der Waals surface area contributed by atoms with Gasteiger partial charge in [0.1, 0.15) is 0 Å². The molecule has 1 atom stereocenters. The van der Waals surface area contributed by atoms with E-state index in [-0.39, 0.29) is 29.4 Å². The Hall–Kier alpha value is 0.310. The molecule has 0 saturated carbocycles. The second kappa shape index (κ2) is 10.9. The summed E-state index contributed by atoms with van der Waals surface area (Å²) >= 11 is 2.08. The first-order chi connectivity index (χ1) is 9.43. The highest BCUT2D eigenvalue weighted by Gasteiger charge is 2.19. The van der Waals surface area contributed by atoms with Crippen LogP contribution in [0.5, 0.6) is 0 Å². The smallest absolute Gasteiger partial charge is 0.191 e. The van der Waals surface area contributed by atoms with Gasteiger partial charge in [-0.1, -0.05) is 13.8 Å². The van der Waals surface area contributed by atoms with Gasteiger partial charge in [-0.3, -0.25) is 4.99 Å². The normalized spacial score (nSPS) is 19.5. The van der Waals surface area contributed by atoms with Gasteiger partial charge in [0, 0.05) is 31.4 Å². The van der Waals surface area contributed by atoms with Crippen LogP contribution >= 0.6 is 35.7 Å². The Morgan fingerprint density at radius 3 is 2.57 bits per heavy atom. The molecule has 0 aliphatic carbocycles. The van der Waals surface area contributed by atoms with Gasteiger partial charge in [0.15, 0.2) is 5.96 Å². The molecule has 0 bridgehead atoms. The summed E-state index contributed by atoms with van der Waals surface area (Å²) in [5.74, 6) is 2.28. The van der Waals surface area contributed by atoms with E-state index < -0.39 is 0 Å². The molecular formula is C15H33IN4S. The summed E-state index contributed by atoms with van der Waals surface area (Å²) in [6.45, 7) is 10.5. The zero-order valence-corrected chi connectivity index (χ0v) is 17.4. The van der Waals surface area contributed by atoms with Gasteiger partial charge >= 0.3 is 0 Å². The van der Waals surface area contributed by atoms with E-state index in [1.54, 1.807) is 0 Å². The Labute approximate surface area is 152 Å². The van der Waals surface area contributed by atoms with Gasteiger partial charge < -0.3 is 15.5 Å². The molecule has 0 aromatic heterocycles. The van der Waals surface area contributed by atoms with Crippen LogP contribution in [0, 0.1) is 5.41 Å². The monoisotopic (exact) mass is 428 g/mol. The molecule has 1 fully saturated rings. The Bertz CT molecular complexity index is 302. The fourth-order valence-electron chi connectivity index (χ4n) is 2.56. The van der Waals surface area contributed by atoms with Crippen LogP contribution in [-0.2, 0) is 0 Å². The molecule has 1 aliphatic heterocycles. The van der Waals surface area contributed by atoms with Gasteiger partial charge in [-0.15, -0.1) is 24.0 Å². The number of rotatable bonds is 7. The quantitative estimate of drug-likeness (QED) is 0.372. The lowest BCUT2D eigenvalue weighted by Gasteiger charge is -2.27. The Balaban J connectivity index is 0.00000400. The maximum atomic E-state index is 4.76. The van der Waals surface area contributed by atoms with E-state index in [0.717, 1.165) is 37.4 Å². The topological polar surface area (TPSA) is 39.7 Å². The van der Waals surface area contributed by atoms with Crippen molar-refractivity contribution >= 4 is 41.7 Å². The van der Waals surface area contributed by atoms with Crippen molar-refractivity contribution in [2.24, 2.45) is 10.4 Å². The van der Waals surface area contributed by atoms with Gasteiger partial charge in [-0.2, -0.15) is 11.8 Å². The minimum Gasteiger partial charge on any atom is -0.357 e. The first kappa shape index (κ1) is 21.3. The third-order valence-electron chi connectivity index (χ3n) is 3.27. The van der Waals surface area contributed by atoms with Crippen molar-refractivity contribution in [3.8, 4) is 0 Å². The van der Waals surface area contributed by atoms with Crippen LogP contribution in [-0.4, -0.2) is 62.1 Å². The van der Waals surface area contributed by atoms with Crippen molar-refractivity contribution < 1.29 is 0 Å². The van der Waals surface area contributed by atoms with Crippen molar-refractivity contribution in [2.75, 3.05) is 46.0 Å². The zero-order chi connectivity index (χ0) is 15.0. The molecule has 0 aromatic carbocycles. The van der Waals surface area contributed by atoms with Crippen molar-refractivity contribution in [1.82, 2.24) is 15.5 Å². The molecule has 2 N–H and O–H groups in total. The maximum Gasteiger partial charge on any atom is 0.191 e. The van der Waals surface area contributed by atoms with Crippen LogP contribution in [0.1, 0.15) is 33.6 Å². The highest BCUT2D eigenvalue weighted by molar-refractivity contribution is 14.0. The molecule has 1 unspecified atom stereocenters. The molecule has 21 heavy (non-hydrogen) atoms. The van der Waals surface area contributed by atoms with E-state index in [4.69, 9.17) is 4.99 Å². The zero-order valence-electron chi connectivity index (χ0n) is 14.2. The minimum absolute atomic E-state index is 0. The summed E-state index contributed by atoms with van der Waals surface area (Å²) in [6, 6.07) is 0. The molecule has 0 aromatic rings. The summed E-state index contributed by atoms with van der Waals surface area (Å²) < 4.78 is 0. The molecule has 0 radical (unpaired) electrons. The Morgan fingerprint density at radius 2 is 2.05 bits per heavy atom. The average molecular weight is 428 g/mol. The van der Waals surface area contributed by atoms with E-state index in [1.807, 2.05) is 0 Å². The lowest BCUT2D eigenvalue weighted by Crippen LogP contribution is -2.41. The van der Waals surface area contributed by atoms with E-state index in [9.17, 15) is 0 Å². The van der Waals surface area contributed by atoms with Crippen LogP contribution in [0.4, 0.5) is 0 Å². The average Bonchev–Trinajstić information content (AvgIpc) is 2.84. The predicted octanol–water partition coefficient (Wildman–Crippen LogP) is 2.64. The number of hydrogen-bond acceptors (Lipinski definition) is 3. The number of halogens is 1. The molecule has 4 nitrogen and oxygen atoms in total. The number of hydrogen-bond donors (Lipinski definition) is 2. The number of thioether (sulfide) groups is 1. The molecule has 1 saturated heterocycles. The first-order valence-electron chi connectivity index (χ1n) is 7.71. The second-order valence-corrected chi connectivity index (χ2v) is 8.02. The molecule has 126 valence electrons. The summed E-state index contributed by atoms with van der Waals surface area (Å²) in [4.78, 5) is 6.98. The molecule has 1 aliphatic rings. The van der Waals surface area contributed by atoms with Gasteiger partial charge in [0.25, 0.3) is 0 Å². The van der Waals surface area contributed by atoms with Crippen LogP contribution in [0.15, 0.2) is 4.99 Å². The summed E-state index contributed by atoms with van der Waals surface area (Å²) in [5, 5.41) is 7.60. The van der Waals surface area contributed by atoms with Gasteiger partial charge in [0.2, 0.25) is 0 Å². The molecule has 1 heterocycles. The predicted molar refractivity (Wildman–Crippen MR) is 107 cm³/mol. The molecule has 0 amide bonds. The molecule has 1 rings (SSSR count). The lowest BCUT2D eigenvalue weighted by atomic mass is 9.93. The maximum absolute atomic E-state index is 4.76. The van der Waals surface area contributed by atoms with Crippen molar-refractivity contribution in [3.63, 3.8) is 0 Å². The summed E-state index contributed by atoms with van der Waals surface area (Å²) in [7, 11) is 4.23. The standard InChI is InChI=1S/C15H32N4S.HI/c1-6-16-14(17-10-13-8-7-9-20-13)18-11-15(2,3)12-19(4)5;/h13H,6-12H2,1-5H3,(H2,16,17,18);1H. The number of nitrogens with one attached hydrogen (secondary N) is 2. The summed E-state index contributed by atoms with van der Waals surface area (Å²) in [5.41, 5.74) is 0.202. The highest BCUT2D eigenvalue weighted by Crippen LogP contribution is 2.25. The number of guanidine groups is 1. The molecular weight excluding hydrogens is 395 g/mol. The highest BCUT2D eigenvalue weighted by atomic mass is 127. The largest absolute Gasteiger partial charge is 0.357 e. The first-order valence-corrected chi connectivity index (χ1v) is 8.76. The van der Waals surface area contributed by atoms with Gasteiger partial charge in [0.05, 0.1) is 0 Å². The SMILES string of the molecule is CCNC(=NCC(C)(C)CN(C)C)NCC1CCCS1.I. The van der Waals surface area contributed by atoms with Crippen molar-refractivity contribution in [3.05, 3.63) is 0 Å².